The minimum atomic E-state index is -0.999. The Kier molecular flexibility index (Phi) is 4.73. The van der Waals surface area contributed by atoms with Crippen molar-refractivity contribution in [2.75, 3.05) is 0 Å². The molecule has 1 aromatic rings. The van der Waals surface area contributed by atoms with Crippen LogP contribution in [0.15, 0.2) is 18.2 Å². The first-order chi connectivity index (χ1) is 9.88. The minimum absolute atomic E-state index is 0.0379. The zero-order valence-electron chi connectivity index (χ0n) is 11.9. The zero-order valence-corrected chi connectivity index (χ0v) is 12.7. The summed E-state index contributed by atoms with van der Waals surface area (Å²) in [7, 11) is 0. The van der Waals surface area contributed by atoms with Crippen LogP contribution in [-0.2, 0) is 9.59 Å². The van der Waals surface area contributed by atoms with Crippen LogP contribution in [0.5, 0.6) is 5.75 Å². The molecule has 2 atom stereocenters. The van der Waals surface area contributed by atoms with Crippen LogP contribution >= 0.6 is 11.6 Å². The third-order valence-electron chi connectivity index (χ3n) is 3.47. The quantitative estimate of drug-likeness (QED) is 0.846. The number of halogens is 1. The number of nitrogens with one attached hydrogen (secondary N) is 1. The fraction of sp³-hybridized carbons (Fsp3) is 0.467. The maximum absolute atomic E-state index is 12.0. The van der Waals surface area contributed by atoms with Crippen molar-refractivity contribution in [3.63, 3.8) is 0 Å². The average Bonchev–Trinajstić information content (AvgIpc) is 3.22. The summed E-state index contributed by atoms with van der Waals surface area (Å²) in [6, 6.07) is 4.29. The first kappa shape index (κ1) is 15.6. The maximum Gasteiger partial charge on any atom is 0.326 e. The first-order valence-corrected chi connectivity index (χ1v) is 7.22. The van der Waals surface area contributed by atoms with Gasteiger partial charge in [0.05, 0.1) is 0 Å². The van der Waals surface area contributed by atoms with Crippen molar-refractivity contribution >= 4 is 23.5 Å². The van der Waals surface area contributed by atoms with Gasteiger partial charge in [0.15, 0.2) is 6.10 Å². The van der Waals surface area contributed by atoms with Crippen molar-refractivity contribution in [1.82, 2.24) is 5.32 Å². The molecule has 0 aromatic heterocycles. The second-order valence-corrected chi connectivity index (χ2v) is 5.77. The lowest BCUT2D eigenvalue weighted by atomic mass is 10.2. The van der Waals surface area contributed by atoms with Gasteiger partial charge >= 0.3 is 5.97 Å². The largest absolute Gasteiger partial charge is 0.481 e. The van der Waals surface area contributed by atoms with Crippen molar-refractivity contribution in [1.29, 1.82) is 0 Å². The van der Waals surface area contributed by atoms with E-state index in [0.29, 0.717) is 10.8 Å². The summed E-state index contributed by atoms with van der Waals surface area (Å²) in [5.41, 5.74) is 0.819. The molecular weight excluding hydrogens is 294 g/mol. The highest BCUT2D eigenvalue weighted by Gasteiger charge is 2.38. The highest BCUT2D eigenvalue weighted by atomic mass is 35.5. The Bertz CT molecular complexity index is 557. The lowest BCUT2D eigenvalue weighted by Gasteiger charge is -2.19. The average molecular weight is 312 g/mol. The van der Waals surface area contributed by atoms with E-state index >= 15 is 0 Å². The molecular formula is C15H18ClNO4. The molecule has 1 saturated carbocycles. The highest BCUT2D eigenvalue weighted by molar-refractivity contribution is 6.30. The van der Waals surface area contributed by atoms with E-state index in [4.69, 9.17) is 21.4 Å². The van der Waals surface area contributed by atoms with Crippen LogP contribution < -0.4 is 10.1 Å². The summed E-state index contributed by atoms with van der Waals surface area (Å²) in [5, 5.41) is 12.2. The van der Waals surface area contributed by atoms with Crippen LogP contribution in [0, 0.1) is 12.8 Å². The summed E-state index contributed by atoms with van der Waals surface area (Å²) in [6.45, 7) is 3.42. The molecule has 114 valence electrons. The number of carboxylic acid groups (broad SMARTS) is 1. The van der Waals surface area contributed by atoms with Gasteiger partial charge < -0.3 is 15.2 Å². The summed E-state index contributed by atoms with van der Waals surface area (Å²) < 4.78 is 5.58. The summed E-state index contributed by atoms with van der Waals surface area (Å²) >= 11 is 5.86. The SMILES string of the molecule is Cc1cc(Cl)ccc1OC(C)C(=O)NC(C(=O)O)C1CC1. The van der Waals surface area contributed by atoms with Gasteiger partial charge in [0.2, 0.25) is 0 Å². The number of hydrogen-bond donors (Lipinski definition) is 2. The molecule has 1 aromatic carbocycles. The zero-order chi connectivity index (χ0) is 15.6. The third-order valence-corrected chi connectivity index (χ3v) is 3.70. The van der Waals surface area contributed by atoms with Crippen molar-refractivity contribution in [2.24, 2.45) is 5.92 Å². The van der Waals surface area contributed by atoms with E-state index in [0.717, 1.165) is 18.4 Å². The molecule has 5 nitrogen and oxygen atoms in total. The van der Waals surface area contributed by atoms with Crippen LogP contribution in [0.2, 0.25) is 5.02 Å². The van der Waals surface area contributed by atoms with E-state index < -0.39 is 24.0 Å². The van der Waals surface area contributed by atoms with Crippen molar-refractivity contribution in [3.8, 4) is 5.75 Å². The van der Waals surface area contributed by atoms with Crippen LogP contribution in [0.1, 0.15) is 25.3 Å². The van der Waals surface area contributed by atoms with Gasteiger partial charge in [-0.3, -0.25) is 4.79 Å². The molecule has 0 bridgehead atoms. The molecule has 0 radical (unpaired) electrons. The van der Waals surface area contributed by atoms with E-state index in [9.17, 15) is 9.59 Å². The minimum Gasteiger partial charge on any atom is -0.481 e. The second kappa shape index (κ2) is 6.35. The molecule has 0 saturated heterocycles. The van der Waals surface area contributed by atoms with Crippen molar-refractivity contribution in [3.05, 3.63) is 28.8 Å². The van der Waals surface area contributed by atoms with Gasteiger partial charge in [0, 0.05) is 5.02 Å². The van der Waals surface area contributed by atoms with Crippen LogP contribution in [-0.4, -0.2) is 29.1 Å². The van der Waals surface area contributed by atoms with Gasteiger partial charge in [0.1, 0.15) is 11.8 Å². The number of benzene rings is 1. The number of carbonyl (C=O) groups is 2. The first-order valence-electron chi connectivity index (χ1n) is 6.84. The standard InChI is InChI=1S/C15H18ClNO4/c1-8-7-11(16)5-6-12(8)21-9(2)14(18)17-13(15(19)20)10-3-4-10/h5-7,9-10,13H,3-4H2,1-2H3,(H,17,18)(H,19,20). The van der Waals surface area contributed by atoms with E-state index in [2.05, 4.69) is 5.32 Å². The van der Waals surface area contributed by atoms with E-state index in [1.54, 1.807) is 25.1 Å². The molecule has 21 heavy (non-hydrogen) atoms. The molecule has 0 spiro atoms. The van der Waals surface area contributed by atoms with Gasteiger partial charge in [-0.2, -0.15) is 0 Å². The molecule has 2 unspecified atom stereocenters. The third kappa shape index (κ3) is 4.11. The smallest absolute Gasteiger partial charge is 0.326 e. The summed E-state index contributed by atoms with van der Waals surface area (Å²) in [5.74, 6) is -0.833. The molecule has 2 N–H and O–H groups in total. The number of aliphatic carboxylic acids is 1. The lowest BCUT2D eigenvalue weighted by molar-refractivity contribution is -0.143. The number of carbonyl (C=O) groups excluding carboxylic acids is 1. The van der Waals surface area contributed by atoms with Gasteiger partial charge in [-0.25, -0.2) is 4.79 Å². The number of hydrogen-bond acceptors (Lipinski definition) is 3. The Labute approximate surface area is 128 Å². The van der Waals surface area contributed by atoms with Gasteiger partial charge in [-0.05, 0) is 56.4 Å². The number of aryl methyl sites for hydroxylation is 1. The van der Waals surface area contributed by atoms with E-state index in [-0.39, 0.29) is 5.92 Å². The topological polar surface area (TPSA) is 75.6 Å². The predicted molar refractivity (Wildman–Crippen MR) is 78.6 cm³/mol. The van der Waals surface area contributed by atoms with Crippen LogP contribution in [0.3, 0.4) is 0 Å². The van der Waals surface area contributed by atoms with Crippen molar-refractivity contribution in [2.45, 2.75) is 38.8 Å². The Morgan fingerprint density at radius 3 is 2.62 bits per heavy atom. The number of amides is 1. The Morgan fingerprint density at radius 2 is 2.10 bits per heavy atom. The fourth-order valence-corrected chi connectivity index (χ4v) is 2.30. The monoisotopic (exact) mass is 311 g/mol. The van der Waals surface area contributed by atoms with Gasteiger partial charge in [0.25, 0.3) is 5.91 Å². The summed E-state index contributed by atoms with van der Waals surface area (Å²) in [4.78, 5) is 23.2. The Morgan fingerprint density at radius 1 is 1.43 bits per heavy atom. The number of ether oxygens (including phenoxy) is 1. The van der Waals surface area contributed by atoms with Crippen LogP contribution in [0.25, 0.3) is 0 Å². The van der Waals surface area contributed by atoms with Gasteiger partial charge in [-0.15, -0.1) is 0 Å². The molecule has 6 heteroatoms. The predicted octanol–water partition coefficient (Wildman–Crippen LogP) is 2.40. The molecule has 0 aliphatic heterocycles. The molecule has 2 rings (SSSR count). The van der Waals surface area contributed by atoms with Crippen molar-refractivity contribution < 1.29 is 19.4 Å². The van der Waals surface area contributed by atoms with E-state index in [1.165, 1.54) is 0 Å². The molecule has 1 aliphatic rings. The number of carboxylic acids is 1. The highest BCUT2D eigenvalue weighted by Crippen LogP contribution is 2.32. The normalized spacial score (nSPS) is 16.9. The molecule has 1 amide bonds. The molecule has 1 fully saturated rings. The Hall–Kier alpha value is -1.75. The Balaban J connectivity index is 1.97. The lowest BCUT2D eigenvalue weighted by Crippen LogP contribution is -2.47. The van der Waals surface area contributed by atoms with Gasteiger partial charge in [-0.1, -0.05) is 11.6 Å². The molecule has 0 heterocycles. The van der Waals surface area contributed by atoms with E-state index in [1.807, 2.05) is 6.92 Å². The fourth-order valence-electron chi connectivity index (χ4n) is 2.07. The second-order valence-electron chi connectivity index (χ2n) is 5.33. The molecule has 1 aliphatic carbocycles. The maximum atomic E-state index is 12.0. The number of rotatable bonds is 6. The van der Waals surface area contributed by atoms with Crippen LogP contribution in [0.4, 0.5) is 0 Å². The summed E-state index contributed by atoms with van der Waals surface area (Å²) in [6.07, 6.45) is 0.899.